The highest BCUT2D eigenvalue weighted by molar-refractivity contribution is 7.16. The minimum Gasteiger partial charge on any atom is -0.388 e. The highest BCUT2D eigenvalue weighted by Crippen LogP contribution is 2.24. The second-order valence-corrected chi connectivity index (χ2v) is 6.20. The zero-order valence-corrected chi connectivity index (χ0v) is 11.8. The van der Waals surface area contributed by atoms with E-state index in [0.717, 1.165) is 22.5 Å². The molecule has 0 aliphatic rings. The van der Waals surface area contributed by atoms with Crippen molar-refractivity contribution in [2.24, 2.45) is 5.92 Å². The molecule has 0 spiro atoms. The number of thiophene rings is 1. The van der Waals surface area contributed by atoms with Gasteiger partial charge in [0, 0.05) is 6.54 Å². The average Bonchev–Trinajstić information content (AvgIpc) is 2.72. The van der Waals surface area contributed by atoms with Crippen molar-refractivity contribution in [3.05, 3.63) is 17.8 Å². The molecule has 98 valence electrons. The molecule has 0 saturated carbocycles. The summed E-state index contributed by atoms with van der Waals surface area (Å²) < 4.78 is 0. The van der Waals surface area contributed by atoms with E-state index in [4.69, 9.17) is 0 Å². The summed E-state index contributed by atoms with van der Waals surface area (Å²) >= 11 is 1.59. The van der Waals surface area contributed by atoms with Gasteiger partial charge < -0.3 is 10.4 Å². The zero-order chi connectivity index (χ0) is 13.2. The lowest BCUT2D eigenvalue weighted by Gasteiger charge is -2.25. The molecule has 0 saturated heterocycles. The van der Waals surface area contributed by atoms with Crippen molar-refractivity contribution in [1.82, 2.24) is 9.97 Å². The van der Waals surface area contributed by atoms with Gasteiger partial charge in [-0.1, -0.05) is 13.8 Å². The Balaban J connectivity index is 2.08. The van der Waals surface area contributed by atoms with Crippen molar-refractivity contribution in [2.75, 3.05) is 11.9 Å². The number of anilines is 1. The van der Waals surface area contributed by atoms with Crippen LogP contribution in [0, 0.1) is 5.92 Å². The quantitative estimate of drug-likeness (QED) is 0.872. The summed E-state index contributed by atoms with van der Waals surface area (Å²) in [7, 11) is 0. The summed E-state index contributed by atoms with van der Waals surface area (Å²) in [5.74, 6) is 1.26. The smallest absolute Gasteiger partial charge is 0.138 e. The fraction of sp³-hybridized carbons (Fsp3) is 0.538. The van der Waals surface area contributed by atoms with Crippen molar-refractivity contribution in [1.29, 1.82) is 0 Å². The van der Waals surface area contributed by atoms with Crippen LogP contribution in [0.1, 0.15) is 27.2 Å². The zero-order valence-electron chi connectivity index (χ0n) is 11.0. The molecule has 0 amide bonds. The average molecular weight is 265 g/mol. The molecule has 0 aromatic carbocycles. The Morgan fingerprint density at radius 3 is 2.94 bits per heavy atom. The monoisotopic (exact) mass is 265 g/mol. The van der Waals surface area contributed by atoms with E-state index in [2.05, 4.69) is 29.1 Å². The predicted molar refractivity (Wildman–Crippen MR) is 76.0 cm³/mol. The molecule has 2 N–H and O–H groups in total. The molecule has 5 heteroatoms. The van der Waals surface area contributed by atoms with Crippen molar-refractivity contribution in [3.63, 3.8) is 0 Å². The van der Waals surface area contributed by atoms with Crippen LogP contribution in [0.5, 0.6) is 0 Å². The maximum absolute atomic E-state index is 10.3. The maximum atomic E-state index is 10.3. The highest BCUT2D eigenvalue weighted by Gasteiger charge is 2.22. The van der Waals surface area contributed by atoms with Crippen LogP contribution in [0.4, 0.5) is 5.82 Å². The molecular weight excluding hydrogens is 246 g/mol. The summed E-state index contributed by atoms with van der Waals surface area (Å²) in [4.78, 5) is 9.40. The van der Waals surface area contributed by atoms with Crippen LogP contribution >= 0.6 is 11.3 Å². The molecule has 2 aromatic heterocycles. The first-order valence-corrected chi connectivity index (χ1v) is 7.00. The van der Waals surface area contributed by atoms with Crippen molar-refractivity contribution in [2.45, 2.75) is 32.8 Å². The molecule has 0 fully saturated rings. The first kappa shape index (κ1) is 13.2. The number of hydrogen-bond acceptors (Lipinski definition) is 5. The summed E-state index contributed by atoms with van der Waals surface area (Å²) in [6.45, 7) is 6.56. The van der Waals surface area contributed by atoms with Gasteiger partial charge in [0.25, 0.3) is 0 Å². The fourth-order valence-corrected chi connectivity index (χ4v) is 2.89. The summed E-state index contributed by atoms with van der Waals surface area (Å²) in [5.41, 5.74) is -0.721. The van der Waals surface area contributed by atoms with Crippen molar-refractivity contribution in [3.8, 4) is 0 Å². The molecule has 2 aromatic rings. The third kappa shape index (κ3) is 3.17. The van der Waals surface area contributed by atoms with Crippen LogP contribution in [0.25, 0.3) is 10.2 Å². The lowest BCUT2D eigenvalue weighted by atomic mass is 9.94. The van der Waals surface area contributed by atoms with Crippen LogP contribution in [-0.2, 0) is 0 Å². The summed E-state index contributed by atoms with van der Waals surface area (Å²) in [6.07, 6.45) is 2.32. The molecular formula is C13H19N3OS. The van der Waals surface area contributed by atoms with Gasteiger partial charge in [-0.15, -0.1) is 11.3 Å². The van der Waals surface area contributed by atoms with Crippen LogP contribution in [0.15, 0.2) is 17.8 Å². The number of hydrogen-bond donors (Lipinski definition) is 2. The first-order chi connectivity index (χ1) is 8.48. The van der Waals surface area contributed by atoms with Gasteiger partial charge in [-0.3, -0.25) is 0 Å². The van der Waals surface area contributed by atoms with E-state index in [0.29, 0.717) is 12.5 Å². The molecule has 2 rings (SSSR count). The SMILES string of the molecule is CC(C)CC(C)(O)CNc1ncnc2sccc12. The number of rotatable bonds is 5. The Labute approximate surface area is 111 Å². The fourth-order valence-electron chi connectivity index (χ4n) is 2.16. The molecule has 1 atom stereocenters. The van der Waals surface area contributed by atoms with Crippen LogP contribution in [0.3, 0.4) is 0 Å². The maximum Gasteiger partial charge on any atom is 0.138 e. The molecule has 0 aliphatic carbocycles. The number of aromatic nitrogens is 2. The van der Waals surface area contributed by atoms with Gasteiger partial charge in [0.15, 0.2) is 0 Å². The van der Waals surface area contributed by atoms with E-state index in [-0.39, 0.29) is 0 Å². The van der Waals surface area contributed by atoms with Crippen molar-refractivity contribution < 1.29 is 5.11 Å². The number of fused-ring (bicyclic) bond motifs is 1. The molecule has 0 aliphatic heterocycles. The van der Waals surface area contributed by atoms with E-state index >= 15 is 0 Å². The Bertz CT molecular complexity index is 522. The van der Waals surface area contributed by atoms with Crippen LogP contribution < -0.4 is 5.32 Å². The molecule has 0 radical (unpaired) electrons. The van der Waals surface area contributed by atoms with Gasteiger partial charge >= 0.3 is 0 Å². The summed E-state index contributed by atoms with van der Waals surface area (Å²) in [6, 6.07) is 2.00. The third-order valence-electron chi connectivity index (χ3n) is 2.75. The standard InChI is InChI=1S/C13H19N3OS/c1-9(2)6-13(3,17)7-14-11-10-4-5-18-12(10)16-8-15-11/h4-5,8-9,17H,6-7H2,1-3H3,(H,14,15,16). The van der Waals surface area contributed by atoms with E-state index in [9.17, 15) is 5.11 Å². The van der Waals surface area contributed by atoms with Gasteiger partial charge in [-0.05, 0) is 30.7 Å². The van der Waals surface area contributed by atoms with Gasteiger partial charge in [0.05, 0.1) is 11.0 Å². The van der Waals surface area contributed by atoms with Crippen LogP contribution in [0.2, 0.25) is 0 Å². The number of nitrogens with zero attached hydrogens (tertiary/aromatic N) is 2. The van der Waals surface area contributed by atoms with Gasteiger partial charge in [0.1, 0.15) is 17.0 Å². The van der Waals surface area contributed by atoms with Gasteiger partial charge in [-0.2, -0.15) is 0 Å². The normalized spacial score (nSPS) is 14.9. The molecule has 0 bridgehead atoms. The van der Waals surface area contributed by atoms with E-state index in [1.807, 2.05) is 18.4 Å². The largest absolute Gasteiger partial charge is 0.388 e. The first-order valence-electron chi connectivity index (χ1n) is 6.12. The van der Waals surface area contributed by atoms with E-state index in [1.54, 1.807) is 17.7 Å². The second kappa shape index (κ2) is 5.20. The minimum absolute atomic E-state index is 0.466. The lowest BCUT2D eigenvalue weighted by molar-refractivity contribution is 0.0515. The minimum atomic E-state index is -0.721. The van der Waals surface area contributed by atoms with E-state index < -0.39 is 5.60 Å². The summed E-state index contributed by atoms with van der Waals surface area (Å²) in [5, 5.41) is 16.5. The Hall–Kier alpha value is -1.20. The van der Waals surface area contributed by atoms with Gasteiger partial charge in [-0.25, -0.2) is 9.97 Å². The molecule has 1 unspecified atom stereocenters. The second-order valence-electron chi connectivity index (χ2n) is 5.31. The lowest BCUT2D eigenvalue weighted by Crippen LogP contribution is -2.35. The highest BCUT2D eigenvalue weighted by atomic mass is 32.1. The Morgan fingerprint density at radius 2 is 2.22 bits per heavy atom. The number of nitrogens with one attached hydrogen (secondary N) is 1. The molecule has 2 heterocycles. The van der Waals surface area contributed by atoms with Crippen molar-refractivity contribution >= 4 is 27.4 Å². The Kier molecular flexibility index (Phi) is 3.82. The topological polar surface area (TPSA) is 58.0 Å². The van der Waals surface area contributed by atoms with Gasteiger partial charge in [0.2, 0.25) is 0 Å². The van der Waals surface area contributed by atoms with E-state index in [1.165, 1.54) is 0 Å². The predicted octanol–water partition coefficient (Wildman–Crippen LogP) is 2.90. The van der Waals surface area contributed by atoms with Crippen LogP contribution in [-0.4, -0.2) is 27.2 Å². The number of aliphatic hydroxyl groups is 1. The molecule has 18 heavy (non-hydrogen) atoms. The third-order valence-corrected chi connectivity index (χ3v) is 3.57. The Morgan fingerprint density at radius 1 is 1.44 bits per heavy atom. The molecule has 4 nitrogen and oxygen atoms in total.